The molecule has 0 saturated carbocycles. The molecule has 0 bridgehead atoms. The second-order valence-corrected chi connectivity index (χ2v) is 4.60. The van der Waals surface area contributed by atoms with Gasteiger partial charge in [0, 0.05) is 11.8 Å². The van der Waals surface area contributed by atoms with Crippen molar-refractivity contribution >= 4 is 11.6 Å². The topological polar surface area (TPSA) is 62.2 Å². The highest BCUT2D eigenvalue weighted by molar-refractivity contribution is 6.06. The van der Waals surface area contributed by atoms with Gasteiger partial charge < -0.3 is 10.4 Å². The van der Waals surface area contributed by atoms with Gasteiger partial charge in [0.2, 0.25) is 0 Å². The van der Waals surface area contributed by atoms with E-state index in [0.717, 1.165) is 11.3 Å². The van der Waals surface area contributed by atoms with Crippen LogP contribution >= 0.6 is 0 Å². The summed E-state index contributed by atoms with van der Waals surface area (Å²) in [5, 5.41) is 11.6. The van der Waals surface area contributed by atoms with E-state index in [1.807, 2.05) is 26.0 Å². The molecule has 1 amide bonds. The molecule has 2 aromatic rings. The van der Waals surface area contributed by atoms with Gasteiger partial charge in [-0.1, -0.05) is 17.9 Å². The van der Waals surface area contributed by atoms with Crippen molar-refractivity contribution in [3.8, 4) is 11.8 Å². The van der Waals surface area contributed by atoms with Crippen LogP contribution < -0.4 is 5.32 Å². The van der Waals surface area contributed by atoms with Crippen LogP contribution in [0.4, 0.5) is 5.69 Å². The summed E-state index contributed by atoms with van der Waals surface area (Å²) in [6.07, 6.45) is 1.68. The highest BCUT2D eigenvalue weighted by Gasteiger charge is 2.12. The maximum absolute atomic E-state index is 12.4. The van der Waals surface area contributed by atoms with Crippen LogP contribution in [0.1, 0.15) is 27.2 Å². The number of benzene rings is 1. The van der Waals surface area contributed by atoms with E-state index in [1.54, 1.807) is 24.4 Å². The molecular formula is C17H16N2O2. The number of aryl methyl sites for hydroxylation is 2. The van der Waals surface area contributed by atoms with Crippen LogP contribution in [0.3, 0.4) is 0 Å². The third-order valence-corrected chi connectivity index (χ3v) is 2.98. The zero-order valence-electron chi connectivity index (χ0n) is 12.0. The number of hydrogen-bond acceptors (Lipinski definition) is 3. The normalized spacial score (nSPS) is 9.67. The molecule has 0 aliphatic rings. The van der Waals surface area contributed by atoms with E-state index < -0.39 is 0 Å². The zero-order valence-corrected chi connectivity index (χ0v) is 12.0. The van der Waals surface area contributed by atoms with E-state index in [-0.39, 0.29) is 12.5 Å². The molecule has 0 aliphatic heterocycles. The maximum Gasteiger partial charge on any atom is 0.256 e. The third-order valence-electron chi connectivity index (χ3n) is 2.98. The van der Waals surface area contributed by atoms with Gasteiger partial charge in [-0.2, -0.15) is 0 Å². The smallest absolute Gasteiger partial charge is 0.256 e. The molecule has 2 N–H and O–H groups in total. The first kappa shape index (κ1) is 14.8. The molecule has 4 heteroatoms. The van der Waals surface area contributed by atoms with E-state index in [4.69, 9.17) is 5.11 Å². The van der Waals surface area contributed by atoms with Crippen molar-refractivity contribution in [3.05, 3.63) is 58.9 Å². The van der Waals surface area contributed by atoms with Crippen molar-refractivity contribution in [3.63, 3.8) is 0 Å². The van der Waals surface area contributed by atoms with Gasteiger partial charge in [0.25, 0.3) is 5.91 Å². The highest BCUT2D eigenvalue weighted by Crippen LogP contribution is 2.15. The largest absolute Gasteiger partial charge is 0.384 e. The Bertz CT molecular complexity index is 727. The second-order valence-electron chi connectivity index (χ2n) is 4.60. The SMILES string of the molecule is Cc1ccc(C(=O)Nc2cccnc2C)c(C#CCO)c1. The van der Waals surface area contributed by atoms with E-state index in [9.17, 15) is 4.79 Å². The van der Waals surface area contributed by atoms with Gasteiger partial charge in [0.05, 0.1) is 16.9 Å². The standard InChI is InChI=1S/C17H16N2O2/c1-12-7-8-15(14(11-12)5-4-10-20)17(21)19-16-6-3-9-18-13(16)2/h3,6-9,11,20H,10H2,1-2H3,(H,19,21). The van der Waals surface area contributed by atoms with Gasteiger partial charge >= 0.3 is 0 Å². The predicted molar refractivity (Wildman–Crippen MR) is 82.1 cm³/mol. The van der Waals surface area contributed by atoms with Crippen LogP contribution in [0.2, 0.25) is 0 Å². The lowest BCUT2D eigenvalue weighted by Crippen LogP contribution is -2.14. The molecular weight excluding hydrogens is 264 g/mol. The number of aromatic nitrogens is 1. The fraction of sp³-hybridized carbons (Fsp3) is 0.176. The minimum Gasteiger partial charge on any atom is -0.384 e. The van der Waals surface area contributed by atoms with Crippen molar-refractivity contribution in [2.24, 2.45) is 0 Å². The van der Waals surface area contributed by atoms with Crippen LogP contribution in [-0.4, -0.2) is 22.6 Å². The molecule has 0 radical (unpaired) electrons. The Morgan fingerprint density at radius 2 is 2.14 bits per heavy atom. The fourth-order valence-electron chi connectivity index (χ4n) is 1.90. The Hall–Kier alpha value is -2.64. The summed E-state index contributed by atoms with van der Waals surface area (Å²) >= 11 is 0. The minimum atomic E-state index is -0.242. The number of carbonyl (C=O) groups excluding carboxylic acids is 1. The van der Waals surface area contributed by atoms with E-state index in [0.29, 0.717) is 16.8 Å². The van der Waals surface area contributed by atoms with Crippen LogP contribution in [0.15, 0.2) is 36.5 Å². The van der Waals surface area contributed by atoms with Crippen molar-refractivity contribution in [1.82, 2.24) is 4.98 Å². The monoisotopic (exact) mass is 280 g/mol. The second kappa shape index (κ2) is 6.69. The van der Waals surface area contributed by atoms with Gasteiger partial charge in [-0.15, -0.1) is 0 Å². The lowest BCUT2D eigenvalue weighted by atomic mass is 10.0. The number of pyridine rings is 1. The van der Waals surface area contributed by atoms with Gasteiger partial charge in [0.15, 0.2) is 0 Å². The maximum atomic E-state index is 12.4. The number of nitrogens with one attached hydrogen (secondary N) is 1. The number of anilines is 1. The van der Waals surface area contributed by atoms with E-state index in [1.165, 1.54) is 0 Å². The van der Waals surface area contributed by atoms with Gasteiger partial charge in [0.1, 0.15) is 6.61 Å². The number of aliphatic hydroxyl groups is 1. The quantitative estimate of drug-likeness (QED) is 0.830. The van der Waals surface area contributed by atoms with Gasteiger partial charge in [-0.25, -0.2) is 0 Å². The lowest BCUT2D eigenvalue weighted by molar-refractivity contribution is 0.102. The Kier molecular flexibility index (Phi) is 4.70. The molecule has 106 valence electrons. The molecule has 1 aromatic heterocycles. The first-order chi connectivity index (χ1) is 10.1. The van der Waals surface area contributed by atoms with Gasteiger partial charge in [-0.3, -0.25) is 9.78 Å². The van der Waals surface area contributed by atoms with Crippen molar-refractivity contribution in [1.29, 1.82) is 0 Å². The van der Waals surface area contributed by atoms with Crippen molar-refractivity contribution in [2.45, 2.75) is 13.8 Å². The Balaban J connectivity index is 2.33. The Labute approximate surface area is 123 Å². The number of aliphatic hydroxyl groups excluding tert-OH is 1. The zero-order chi connectivity index (χ0) is 15.2. The summed E-state index contributed by atoms with van der Waals surface area (Å²) in [6.45, 7) is 3.52. The third kappa shape index (κ3) is 3.68. The minimum absolute atomic E-state index is 0.239. The number of hydrogen-bond donors (Lipinski definition) is 2. The molecule has 21 heavy (non-hydrogen) atoms. The molecule has 1 aromatic carbocycles. The molecule has 1 heterocycles. The summed E-state index contributed by atoms with van der Waals surface area (Å²) in [4.78, 5) is 16.5. The molecule has 0 saturated heterocycles. The van der Waals surface area contributed by atoms with Crippen LogP contribution in [0.25, 0.3) is 0 Å². The van der Waals surface area contributed by atoms with Crippen LogP contribution in [-0.2, 0) is 0 Å². The summed E-state index contributed by atoms with van der Waals surface area (Å²) in [6, 6.07) is 8.98. The van der Waals surface area contributed by atoms with Crippen LogP contribution in [0, 0.1) is 25.7 Å². The summed E-state index contributed by atoms with van der Waals surface area (Å²) < 4.78 is 0. The lowest BCUT2D eigenvalue weighted by Gasteiger charge is -2.09. The number of nitrogens with zero attached hydrogens (tertiary/aromatic N) is 1. The molecule has 0 spiro atoms. The molecule has 0 fully saturated rings. The predicted octanol–water partition coefficient (Wildman–Crippen LogP) is 2.29. The van der Waals surface area contributed by atoms with E-state index in [2.05, 4.69) is 22.1 Å². The number of amides is 1. The number of rotatable bonds is 2. The van der Waals surface area contributed by atoms with E-state index >= 15 is 0 Å². The molecule has 4 nitrogen and oxygen atoms in total. The Morgan fingerprint density at radius 1 is 1.33 bits per heavy atom. The molecule has 2 rings (SSSR count). The average molecular weight is 280 g/mol. The summed E-state index contributed by atoms with van der Waals surface area (Å²) in [7, 11) is 0. The molecule has 0 aliphatic carbocycles. The fourth-order valence-corrected chi connectivity index (χ4v) is 1.90. The summed E-state index contributed by atoms with van der Waals surface area (Å²) in [5.41, 5.74) is 3.50. The Morgan fingerprint density at radius 3 is 2.86 bits per heavy atom. The highest BCUT2D eigenvalue weighted by atomic mass is 16.2. The number of carbonyl (C=O) groups is 1. The molecule has 0 unspecified atom stereocenters. The molecule has 0 atom stereocenters. The first-order valence-electron chi connectivity index (χ1n) is 6.55. The van der Waals surface area contributed by atoms with Crippen molar-refractivity contribution in [2.75, 3.05) is 11.9 Å². The summed E-state index contributed by atoms with van der Waals surface area (Å²) in [5.74, 6) is 5.14. The average Bonchev–Trinajstić information content (AvgIpc) is 2.47. The first-order valence-corrected chi connectivity index (χ1v) is 6.55. The van der Waals surface area contributed by atoms with Crippen LogP contribution in [0.5, 0.6) is 0 Å². The van der Waals surface area contributed by atoms with Gasteiger partial charge in [-0.05, 0) is 43.7 Å². The van der Waals surface area contributed by atoms with Crippen molar-refractivity contribution < 1.29 is 9.90 Å².